The van der Waals surface area contributed by atoms with E-state index in [0.717, 1.165) is 45.7 Å². The fourth-order valence-corrected chi connectivity index (χ4v) is 5.05. The average molecular weight is 383 g/mol. The first-order chi connectivity index (χ1) is 12.6. The molecule has 2 aliphatic rings. The maximum absolute atomic E-state index is 12.2. The van der Waals surface area contributed by atoms with E-state index in [-0.39, 0.29) is 11.7 Å². The number of hydrogen-bond donors (Lipinski definition) is 2. The van der Waals surface area contributed by atoms with E-state index in [1.54, 1.807) is 24.3 Å². The van der Waals surface area contributed by atoms with Crippen molar-refractivity contribution in [3.05, 3.63) is 29.8 Å². The number of nitrogens with one attached hydrogen (secondary N) is 2. The summed E-state index contributed by atoms with van der Waals surface area (Å²) in [5.74, 6) is 0.0791. The molecule has 0 radical (unpaired) electrons. The second-order valence-electron chi connectivity index (χ2n) is 6.86. The van der Waals surface area contributed by atoms with Gasteiger partial charge in [-0.2, -0.15) is 0 Å². The molecule has 144 valence electrons. The summed E-state index contributed by atoms with van der Waals surface area (Å²) in [5, 5.41) is 2.94. The Kier molecular flexibility index (Phi) is 6.50. The number of nitrogens with zero attached hydrogens (tertiary/aromatic N) is 1. The van der Waals surface area contributed by atoms with E-state index < -0.39 is 10.0 Å². The molecule has 0 spiro atoms. The van der Waals surface area contributed by atoms with Gasteiger partial charge in [0.2, 0.25) is 10.0 Å². The van der Waals surface area contributed by atoms with Crippen LogP contribution in [0.25, 0.3) is 0 Å². The Bertz CT molecular complexity index is 700. The molecule has 0 atom stereocenters. The van der Waals surface area contributed by atoms with Gasteiger partial charge in [-0.1, -0.05) is 0 Å². The van der Waals surface area contributed by atoms with Crippen LogP contribution < -0.4 is 14.5 Å². The van der Waals surface area contributed by atoms with Gasteiger partial charge < -0.3 is 15.0 Å². The molecule has 1 aromatic rings. The lowest BCUT2D eigenvalue weighted by molar-refractivity contribution is -0.908. The van der Waals surface area contributed by atoms with Gasteiger partial charge in [0, 0.05) is 25.1 Å². The first kappa shape index (κ1) is 19.1. The summed E-state index contributed by atoms with van der Waals surface area (Å²) >= 11 is 0. The van der Waals surface area contributed by atoms with Crippen LogP contribution in [0, 0.1) is 0 Å². The molecule has 26 heavy (non-hydrogen) atoms. The van der Waals surface area contributed by atoms with Gasteiger partial charge in [-0.3, -0.25) is 9.10 Å². The van der Waals surface area contributed by atoms with Crippen LogP contribution in [0.5, 0.6) is 0 Å². The average Bonchev–Trinajstić information content (AvgIpc) is 2.66. The summed E-state index contributed by atoms with van der Waals surface area (Å²) in [7, 11) is -3.22. The normalized spacial score (nSPS) is 20.7. The van der Waals surface area contributed by atoms with Gasteiger partial charge in [-0.05, 0) is 37.1 Å². The molecule has 0 aromatic heterocycles. The zero-order valence-corrected chi connectivity index (χ0v) is 15.9. The van der Waals surface area contributed by atoms with E-state index in [0.29, 0.717) is 30.8 Å². The van der Waals surface area contributed by atoms with Crippen LogP contribution >= 0.6 is 0 Å². The maximum Gasteiger partial charge on any atom is 0.251 e. The Morgan fingerprint density at radius 1 is 1.15 bits per heavy atom. The van der Waals surface area contributed by atoms with Gasteiger partial charge in [-0.15, -0.1) is 0 Å². The third-order valence-electron chi connectivity index (χ3n) is 4.96. The van der Waals surface area contributed by atoms with E-state index >= 15 is 0 Å². The molecule has 0 unspecified atom stereocenters. The highest BCUT2D eigenvalue weighted by molar-refractivity contribution is 7.92. The monoisotopic (exact) mass is 382 g/mol. The second kappa shape index (κ2) is 8.83. The first-order valence-corrected chi connectivity index (χ1v) is 11.0. The number of anilines is 1. The lowest BCUT2D eigenvalue weighted by atomic mass is 10.2. The highest BCUT2D eigenvalue weighted by atomic mass is 32.2. The zero-order valence-electron chi connectivity index (χ0n) is 15.1. The number of carbonyl (C=O) groups excluding carboxylic acids is 1. The molecule has 2 fully saturated rings. The van der Waals surface area contributed by atoms with E-state index in [1.165, 1.54) is 9.21 Å². The summed E-state index contributed by atoms with van der Waals surface area (Å²) in [5.41, 5.74) is 1.19. The third kappa shape index (κ3) is 4.96. The summed E-state index contributed by atoms with van der Waals surface area (Å²) in [4.78, 5) is 13.8. The van der Waals surface area contributed by atoms with Crippen molar-refractivity contribution in [2.75, 3.05) is 56.0 Å². The van der Waals surface area contributed by atoms with Crippen LogP contribution in [0.2, 0.25) is 0 Å². The predicted octanol–water partition coefficient (Wildman–Crippen LogP) is -0.348. The Balaban J connectivity index is 1.47. The minimum atomic E-state index is -3.22. The summed E-state index contributed by atoms with van der Waals surface area (Å²) in [6, 6.07) is 6.83. The maximum atomic E-state index is 12.2. The van der Waals surface area contributed by atoms with Gasteiger partial charge >= 0.3 is 0 Å². The van der Waals surface area contributed by atoms with Crippen LogP contribution in [0.1, 0.15) is 29.6 Å². The lowest BCUT2D eigenvalue weighted by Gasteiger charge is -2.28. The SMILES string of the molecule is O=C(NCCC[NH+]1CCOCC1)c1ccc(N2CCCCS2(=O)=O)cc1. The van der Waals surface area contributed by atoms with Crippen LogP contribution in [0.4, 0.5) is 5.69 Å². The molecule has 0 aliphatic carbocycles. The highest BCUT2D eigenvalue weighted by Gasteiger charge is 2.26. The standard InChI is InChI=1S/C18H27N3O4S/c22-18(19-8-3-9-20-11-13-25-14-12-20)16-4-6-17(7-5-16)21-10-1-2-15-26(21,23)24/h4-7H,1-3,8-15H2,(H,19,22)/p+1. The van der Waals surface area contributed by atoms with Crippen molar-refractivity contribution in [3.63, 3.8) is 0 Å². The smallest absolute Gasteiger partial charge is 0.251 e. The molecule has 0 saturated carbocycles. The quantitative estimate of drug-likeness (QED) is 0.660. The fraction of sp³-hybridized carbons (Fsp3) is 0.611. The minimum Gasteiger partial charge on any atom is -0.370 e. The third-order valence-corrected chi connectivity index (χ3v) is 6.83. The van der Waals surface area contributed by atoms with Gasteiger partial charge in [-0.25, -0.2) is 8.42 Å². The van der Waals surface area contributed by atoms with Crippen LogP contribution in [-0.2, 0) is 14.8 Å². The van der Waals surface area contributed by atoms with Crippen LogP contribution in [-0.4, -0.2) is 66.0 Å². The summed E-state index contributed by atoms with van der Waals surface area (Å²) in [6.07, 6.45) is 2.52. The van der Waals surface area contributed by atoms with Crippen molar-refractivity contribution in [2.45, 2.75) is 19.3 Å². The van der Waals surface area contributed by atoms with Crippen LogP contribution in [0.15, 0.2) is 24.3 Å². The van der Waals surface area contributed by atoms with E-state index in [1.807, 2.05) is 0 Å². The Labute approximate surface area is 155 Å². The van der Waals surface area contributed by atoms with E-state index in [9.17, 15) is 13.2 Å². The molecule has 1 amide bonds. The minimum absolute atomic E-state index is 0.116. The first-order valence-electron chi connectivity index (χ1n) is 9.36. The largest absolute Gasteiger partial charge is 0.370 e. The molecule has 3 rings (SSSR count). The predicted molar refractivity (Wildman–Crippen MR) is 100 cm³/mol. The van der Waals surface area contributed by atoms with Crippen molar-refractivity contribution in [2.24, 2.45) is 0 Å². The zero-order chi connectivity index (χ0) is 18.4. The van der Waals surface area contributed by atoms with Crippen molar-refractivity contribution >= 4 is 21.6 Å². The highest BCUT2D eigenvalue weighted by Crippen LogP contribution is 2.23. The fourth-order valence-electron chi connectivity index (χ4n) is 3.41. The van der Waals surface area contributed by atoms with Crippen molar-refractivity contribution in [3.8, 4) is 0 Å². The number of carbonyl (C=O) groups is 1. The topological polar surface area (TPSA) is 80.2 Å². The number of ether oxygens (including phenoxy) is 1. The molecule has 2 N–H and O–H groups in total. The molecular formula is C18H28N3O4S+. The molecule has 2 aliphatic heterocycles. The number of sulfonamides is 1. The number of benzene rings is 1. The molecule has 8 heteroatoms. The van der Waals surface area contributed by atoms with Crippen LogP contribution in [0.3, 0.4) is 0 Å². The van der Waals surface area contributed by atoms with Gasteiger partial charge in [0.15, 0.2) is 0 Å². The number of morpholine rings is 1. The van der Waals surface area contributed by atoms with Gasteiger partial charge in [0.05, 0.1) is 31.2 Å². The Morgan fingerprint density at radius 2 is 1.88 bits per heavy atom. The number of hydrogen-bond acceptors (Lipinski definition) is 4. The molecule has 2 saturated heterocycles. The van der Waals surface area contributed by atoms with Crippen molar-refractivity contribution in [1.29, 1.82) is 0 Å². The van der Waals surface area contributed by atoms with Crippen molar-refractivity contribution in [1.82, 2.24) is 5.32 Å². The summed E-state index contributed by atoms with van der Waals surface area (Å²) < 4.78 is 31.1. The van der Waals surface area contributed by atoms with Crippen molar-refractivity contribution < 1.29 is 22.8 Å². The number of amides is 1. The molecular weight excluding hydrogens is 354 g/mol. The number of quaternary nitrogens is 1. The lowest BCUT2D eigenvalue weighted by Crippen LogP contribution is -3.14. The molecule has 1 aromatic carbocycles. The molecule has 0 bridgehead atoms. The van der Waals surface area contributed by atoms with E-state index in [4.69, 9.17) is 4.74 Å². The molecule has 7 nitrogen and oxygen atoms in total. The summed E-state index contributed by atoms with van der Waals surface area (Å²) in [6.45, 7) is 5.91. The Hall–Kier alpha value is -1.64. The molecule has 2 heterocycles. The van der Waals surface area contributed by atoms with Gasteiger partial charge in [0.25, 0.3) is 5.91 Å². The van der Waals surface area contributed by atoms with Gasteiger partial charge in [0.1, 0.15) is 13.1 Å². The second-order valence-corrected chi connectivity index (χ2v) is 8.88. The van der Waals surface area contributed by atoms with E-state index in [2.05, 4.69) is 5.32 Å². The number of rotatable bonds is 6. The Morgan fingerprint density at radius 3 is 2.58 bits per heavy atom.